The first-order valence-electron chi connectivity index (χ1n) is 7.75. The second-order valence-electron chi connectivity index (χ2n) is 5.79. The van der Waals surface area contributed by atoms with Crippen molar-refractivity contribution in [1.29, 1.82) is 0 Å². The van der Waals surface area contributed by atoms with Gasteiger partial charge in [-0.3, -0.25) is 14.3 Å². The van der Waals surface area contributed by atoms with Crippen LogP contribution in [0, 0.1) is 5.92 Å². The van der Waals surface area contributed by atoms with Crippen molar-refractivity contribution in [2.75, 3.05) is 19.6 Å². The third-order valence-electron chi connectivity index (χ3n) is 4.18. The highest BCUT2D eigenvalue weighted by atomic mass is 35.5. The summed E-state index contributed by atoms with van der Waals surface area (Å²) in [6, 6.07) is 7.23. The zero-order chi connectivity index (χ0) is 16.2. The summed E-state index contributed by atoms with van der Waals surface area (Å²) in [6.45, 7) is 2.16. The van der Waals surface area contributed by atoms with E-state index in [2.05, 4.69) is 15.7 Å². The lowest BCUT2D eigenvalue weighted by molar-refractivity contribution is -0.121. The lowest BCUT2D eigenvalue weighted by Crippen LogP contribution is -2.34. The molecule has 0 spiro atoms. The summed E-state index contributed by atoms with van der Waals surface area (Å²) in [5.41, 5.74) is 0.604. The van der Waals surface area contributed by atoms with Crippen molar-refractivity contribution >= 4 is 29.2 Å². The minimum absolute atomic E-state index is 0. The summed E-state index contributed by atoms with van der Waals surface area (Å²) >= 11 is 0. The highest BCUT2D eigenvalue weighted by Crippen LogP contribution is 2.09. The van der Waals surface area contributed by atoms with Crippen LogP contribution in [0.15, 0.2) is 35.3 Å². The Morgan fingerprint density at radius 2 is 2.17 bits per heavy atom. The second-order valence-corrected chi connectivity index (χ2v) is 5.79. The average Bonchev–Trinajstić information content (AvgIpc) is 2.98. The van der Waals surface area contributed by atoms with Crippen LogP contribution in [0.3, 0.4) is 0 Å². The molecule has 2 atom stereocenters. The number of β-amino-alcohol motifs (C(OH)–C–C–N with tert-alkyl or cyclic N) is 1. The van der Waals surface area contributed by atoms with E-state index in [9.17, 15) is 14.7 Å². The fraction of sp³-hybridized carbons (Fsp3) is 0.438. The topological polar surface area (TPSA) is 96.2 Å². The maximum atomic E-state index is 12.0. The van der Waals surface area contributed by atoms with Gasteiger partial charge in [0.1, 0.15) is 0 Å². The third kappa shape index (κ3) is 4.11. The monoisotopic (exact) mass is 352 g/mol. The molecule has 130 valence electrons. The van der Waals surface area contributed by atoms with Crippen molar-refractivity contribution in [1.82, 2.24) is 20.4 Å². The van der Waals surface area contributed by atoms with Crippen molar-refractivity contribution in [2.24, 2.45) is 5.92 Å². The number of aliphatic hydroxyl groups excluding tert-OH is 1. The molecule has 1 saturated heterocycles. The number of benzene rings is 1. The van der Waals surface area contributed by atoms with Gasteiger partial charge in [0, 0.05) is 37.4 Å². The number of para-hydroxylation sites is 1. The van der Waals surface area contributed by atoms with Gasteiger partial charge in [-0.25, -0.2) is 0 Å². The molecule has 1 aliphatic rings. The largest absolute Gasteiger partial charge is 0.391 e. The van der Waals surface area contributed by atoms with Crippen LogP contribution in [-0.4, -0.2) is 46.5 Å². The van der Waals surface area contributed by atoms with E-state index in [1.165, 1.54) is 6.20 Å². The number of carbonyl (C=O) groups is 1. The van der Waals surface area contributed by atoms with Gasteiger partial charge >= 0.3 is 0 Å². The molecular formula is C16H21ClN4O3. The Labute approximate surface area is 145 Å². The van der Waals surface area contributed by atoms with Gasteiger partial charge in [0.2, 0.25) is 11.3 Å². The Morgan fingerprint density at radius 3 is 2.92 bits per heavy atom. The fourth-order valence-corrected chi connectivity index (χ4v) is 2.81. The van der Waals surface area contributed by atoms with Crippen molar-refractivity contribution in [3.05, 3.63) is 40.7 Å². The number of nitrogens with one attached hydrogen (secondary N) is 2. The summed E-state index contributed by atoms with van der Waals surface area (Å²) in [7, 11) is 0. The van der Waals surface area contributed by atoms with E-state index in [-0.39, 0.29) is 36.1 Å². The molecule has 7 nitrogen and oxygen atoms in total. The highest BCUT2D eigenvalue weighted by Gasteiger charge is 2.24. The molecule has 1 amide bonds. The number of rotatable bonds is 5. The SMILES string of the molecule is Cl.O=C(CCn1ncc(=O)c2ccccc21)NCC1CNCC1O. The van der Waals surface area contributed by atoms with E-state index >= 15 is 0 Å². The number of carbonyl (C=O) groups excluding carboxylic acids is 1. The number of aliphatic hydroxyl groups is 1. The number of nitrogens with zero attached hydrogens (tertiary/aromatic N) is 2. The van der Waals surface area contributed by atoms with Crippen molar-refractivity contribution in [3.63, 3.8) is 0 Å². The standard InChI is InChI=1S/C16H20N4O3.ClH/c21-14-9-17-7-11(14)8-18-16(23)5-6-20-13-4-2-1-3-12(13)15(22)10-19-20;/h1-4,10-11,14,17,21H,5-9H2,(H,18,23);1H. The Bertz CT molecular complexity index is 764. The van der Waals surface area contributed by atoms with Gasteiger partial charge in [-0.1, -0.05) is 12.1 Å². The minimum Gasteiger partial charge on any atom is -0.391 e. The molecule has 2 heterocycles. The first-order valence-corrected chi connectivity index (χ1v) is 7.75. The van der Waals surface area contributed by atoms with Gasteiger partial charge in [-0.15, -0.1) is 12.4 Å². The first-order chi connectivity index (χ1) is 11.1. The Kier molecular flexibility index (Phi) is 6.30. The van der Waals surface area contributed by atoms with Gasteiger partial charge in [-0.2, -0.15) is 5.10 Å². The van der Waals surface area contributed by atoms with Crippen LogP contribution in [0.1, 0.15) is 6.42 Å². The van der Waals surface area contributed by atoms with Crippen molar-refractivity contribution < 1.29 is 9.90 Å². The fourth-order valence-electron chi connectivity index (χ4n) is 2.81. The molecule has 0 radical (unpaired) electrons. The maximum absolute atomic E-state index is 12.0. The molecule has 1 aromatic heterocycles. The van der Waals surface area contributed by atoms with Gasteiger partial charge in [0.25, 0.3) is 0 Å². The van der Waals surface area contributed by atoms with E-state index < -0.39 is 6.10 Å². The lowest BCUT2D eigenvalue weighted by atomic mass is 10.1. The van der Waals surface area contributed by atoms with E-state index in [1.54, 1.807) is 10.7 Å². The molecule has 1 aromatic carbocycles. The van der Waals surface area contributed by atoms with Gasteiger partial charge < -0.3 is 15.7 Å². The molecule has 8 heteroatoms. The van der Waals surface area contributed by atoms with E-state index in [0.717, 1.165) is 5.52 Å². The van der Waals surface area contributed by atoms with Gasteiger partial charge in [0.05, 0.1) is 24.4 Å². The zero-order valence-corrected chi connectivity index (χ0v) is 14.0. The number of fused-ring (bicyclic) bond motifs is 1. The summed E-state index contributed by atoms with van der Waals surface area (Å²) in [5, 5.41) is 20.3. The molecule has 3 N–H and O–H groups in total. The normalized spacial score (nSPS) is 19.9. The molecule has 1 fully saturated rings. The van der Waals surface area contributed by atoms with Gasteiger partial charge in [-0.05, 0) is 12.1 Å². The summed E-state index contributed by atoms with van der Waals surface area (Å²) in [5.74, 6) is -0.0287. The Balaban J connectivity index is 0.00000208. The molecule has 3 rings (SSSR count). The lowest BCUT2D eigenvalue weighted by Gasteiger charge is -2.14. The molecule has 1 aliphatic heterocycles. The number of aryl methyl sites for hydroxylation is 1. The predicted molar refractivity (Wildman–Crippen MR) is 93.2 cm³/mol. The average molecular weight is 353 g/mol. The molecule has 0 saturated carbocycles. The minimum atomic E-state index is -0.403. The number of aromatic nitrogens is 2. The van der Waals surface area contributed by atoms with E-state index in [4.69, 9.17) is 0 Å². The quantitative estimate of drug-likeness (QED) is 0.698. The Morgan fingerprint density at radius 1 is 1.38 bits per heavy atom. The maximum Gasteiger partial charge on any atom is 0.221 e. The second kappa shape index (κ2) is 8.23. The van der Waals surface area contributed by atoms with Crippen LogP contribution >= 0.6 is 12.4 Å². The van der Waals surface area contributed by atoms with Gasteiger partial charge in [0.15, 0.2) is 0 Å². The van der Waals surface area contributed by atoms with Crippen molar-refractivity contribution in [2.45, 2.75) is 19.1 Å². The molecule has 2 aromatic rings. The van der Waals surface area contributed by atoms with Crippen LogP contribution in [0.4, 0.5) is 0 Å². The van der Waals surface area contributed by atoms with Crippen LogP contribution in [0.25, 0.3) is 10.9 Å². The number of amides is 1. The smallest absolute Gasteiger partial charge is 0.221 e. The zero-order valence-electron chi connectivity index (χ0n) is 13.1. The molecule has 24 heavy (non-hydrogen) atoms. The number of hydrogen-bond acceptors (Lipinski definition) is 5. The molecule has 0 aliphatic carbocycles. The Hall–Kier alpha value is -1.96. The summed E-state index contributed by atoms with van der Waals surface area (Å²) in [6.07, 6.45) is 1.15. The predicted octanol–water partition coefficient (Wildman–Crippen LogP) is -0.0951. The summed E-state index contributed by atoms with van der Waals surface area (Å²) < 4.78 is 1.67. The summed E-state index contributed by atoms with van der Waals surface area (Å²) in [4.78, 5) is 23.7. The van der Waals surface area contributed by atoms with E-state index in [1.807, 2.05) is 18.2 Å². The first kappa shape index (κ1) is 18.4. The number of halogens is 1. The van der Waals surface area contributed by atoms with Crippen LogP contribution < -0.4 is 16.1 Å². The molecule has 2 unspecified atom stereocenters. The number of hydrogen-bond donors (Lipinski definition) is 3. The van der Waals surface area contributed by atoms with Crippen LogP contribution in [0.5, 0.6) is 0 Å². The highest BCUT2D eigenvalue weighted by molar-refractivity contribution is 5.85. The van der Waals surface area contributed by atoms with Crippen molar-refractivity contribution in [3.8, 4) is 0 Å². The molecule has 0 bridgehead atoms. The van der Waals surface area contributed by atoms with Crippen LogP contribution in [0.2, 0.25) is 0 Å². The molecular weight excluding hydrogens is 332 g/mol. The third-order valence-corrected chi connectivity index (χ3v) is 4.18. The van der Waals surface area contributed by atoms with E-state index in [0.29, 0.717) is 31.6 Å². The van der Waals surface area contributed by atoms with Crippen LogP contribution in [-0.2, 0) is 11.3 Å².